The average molecular weight is 249 g/mol. The molecule has 0 spiro atoms. The number of rotatable bonds is 6. The molecule has 1 aromatic rings. The first-order valence-corrected chi connectivity index (χ1v) is 6.02. The fourth-order valence-corrected chi connectivity index (χ4v) is 1.37. The van der Waals surface area contributed by atoms with E-state index in [0.29, 0.717) is 23.9 Å². The molecule has 0 amide bonds. The minimum absolute atomic E-state index is 0.261. The van der Waals surface area contributed by atoms with Crippen LogP contribution >= 0.6 is 0 Å². The lowest BCUT2D eigenvalue weighted by atomic mass is 10.2. The number of nitrogens with zero attached hydrogens (tertiary/aromatic N) is 3. The molecule has 18 heavy (non-hydrogen) atoms. The van der Waals surface area contributed by atoms with Gasteiger partial charge >= 0.3 is 0 Å². The minimum atomic E-state index is 0.261. The van der Waals surface area contributed by atoms with Gasteiger partial charge in [-0.05, 0) is 20.3 Å². The van der Waals surface area contributed by atoms with Crippen LogP contribution in [0.3, 0.4) is 0 Å². The Hall–Kier alpha value is -2.03. The second-order valence-electron chi connectivity index (χ2n) is 3.88. The third-order valence-electron chi connectivity index (χ3n) is 2.51. The van der Waals surface area contributed by atoms with Gasteiger partial charge < -0.3 is 15.4 Å². The standard InChI is InChI=1S/C12H19N5O/c1-5-8(3)15-12-16-10(14-6-2)9(7-13)11(17-12)18-4/h8H,5-6H2,1-4H3,(H2,14,15,16,17). The van der Waals surface area contributed by atoms with Crippen molar-refractivity contribution in [3.05, 3.63) is 5.56 Å². The molecular weight excluding hydrogens is 230 g/mol. The molecule has 0 aromatic carbocycles. The van der Waals surface area contributed by atoms with Crippen LogP contribution in [-0.2, 0) is 0 Å². The number of nitriles is 1. The smallest absolute Gasteiger partial charge is 0.238 e. The molecule has 2 N–H and O–H groups in total. The Balaban J connectivity index is 3.15. The molecule has 1 atom stereocenters. The van der Waals surface area contributed by atoms with Gasteiger partial charge in [-0.3, -0.25) is 0 Å². The van der Waals surface area contributed by atoms with E-state index in [1.165, 1.54) is 7.11 Å². The maximum atomic E-state index is 9.11. The number of aromatic nitrogens is 2. The van der Waals surface area contributed by atoms with E-state index >= 15 is 0 Å². The van der Waals surface area contributed by atoms with Gasteiger partial charge in [0.25, 0.3) is 0 Å². The molecule has 0 fully saturated rings. The Kier molecular flexibility index (Phi) is 5.18. The minimum Gasteiger partial charge on any atom is -0.480 e. The molecule has 1 aromatic heterocycles. The first-order chi connectivity index (χ1) is 8.65. The fraction of sp³-hybridized carbons (Fsp3) is 0.583. The maximum absolute atomic E-state index is 9.11. The molecule has 98 valence electrons. The third-order valence-corrected chi connectivity index (χ3v) is 2.51. The Bertz CT molecular complexity index is 441. The summed E-state index contributed by atoms with van der Waals surface area (Å²) in [6, 6.07) is 2.32. The average Bonchev–Trinajstić information content (AvgIpc) is 2.38. The fourth-order valence-electron chi connectivity index (χ4n) is 1.37. The normalized spacial score (nSPS) is 11.5. The maximum Gasteiger partial charge on any atom is 0.238 e. The summed E-state index contributed by atoms with van der Waals surface area (Å²) in [4.78, 5) is 8.48. The van der Waals surface area contributed by atoms with E-state index in [-0.39, 0.29) is 11.9 Å². The van der Waals surface area contributed by atoms with Gasteiger partial charge in [-0.2, -0.15) is 15.2 Å². The van der Waals surface area contributed by atoms with Crippen LogP contribution < -0.4 is 15.4 Å². The van der Waals surface area contributed by atoms with Gasteiger partial charge in [0.15, 0.2) is 11.4 Å². The summed E-state index contributed by atoms with van der Waals surface area (Å²) in [6.45, 7) is 6.74. The van der Waals surface area contributed by atoms with Gasteiger partial charge in [0.2, 0.25) is 11.8 Å². The van der Waals surface area contributed by atoms with Gasteiger partial charge in [-0.15, -0.1) is 0 Å². The van der Waals surface area contributed by atoms with Crippen molar-refractivity contribution in [2.24, 2.45) is 0 Å². The zero-order valence-electron chi connectivity index (χ0n) is 11.2. The van der Waals surface area contributed by atoms with Gasteiger partial charge in [-0.1, -0.05) is 6.92 Å². The lowest BCUT2D eigenvalue weighted by Gasteiger charge is -2.14. The van der Waals surface area contributed by atoms with Gasteiger partial charge in [0, 0.05) is 12.6 Å². The summed E-state index contributed by atoms with van der Waals surface area (Å²) < 4.78 is 5.13. The molecule has 0 saturated heterocycles. The van der Waals surface area contributed by atoms with Crippen molar-refractivity contribution >= 4 is 11.8 Å². The quantitative estimate of drug-likeness (QED) is 0.802. The van der Waals surface area contributed by atoms with Gasteiger partial charge in [-0.25, -0.2) is 0 Å². The van der Waals surface area contributed by atoms with E-state index in [9.17, 15) is 0 Å². The zero-order valence-corrected chi connectivity index (χ0v) is 11.2. The topological polar surface area (TPSA) is 82.9 Å². The molecule has 0 aliphatic rings. The molecule has 1 heterocycles. The highest BCUT2D eigenvalue weighted by Gasteiger charge is 2.15. The van der Waals surface area contributed by atoms with Crippen molar-refractivity contribution in [1.29, 1.82) is 5.26 Å². The predicted octanol–water partition coefficient (Wildman–Crippen LogP) is 2.00. The highest BCUT2D eigenvalue weighted by atomic mass is 16.5. The zero-order chi connectivity index (χ0) is 13.5. The number of hydrogen-bond acceptors (Lipinski definition) is 6. The largest absolute Gasteiger partial charge is 0.480 e. The number of nitrogens with one attached hydrogen (secondary N) is 2. The molecule has 6 heteroatoms. The van der Waals surface area contributed by atoms with Crippen molar-refractivity contribution in [2.45, 2.75) is 33.2 Å². The van der Waals surface area contributed by atoms with Crippen molar-refractivity contribution in [1.82, 2.24) is 9.97 Å². The van der Waals surface area contributed by atoms with Crippen LogP contribution in [0.4, 0.5) is 11.8 Å². The van der Waals surface area contributed by atoms with E-state index in [1.54, 1.807) is 0 Å². The van der Waals surface area contributed by atoms with Crippen molar-refractivity contribution in [3.63, 3.8) is 0 Å². The van der Waals surface area contributed by atoms with Crippen molar-refractivity contribution in [3.8, 4) is 11.9 Å². The first kappa shape index (κ1) is 14.0. The molecule has 0 saturated carbocycles. The molecule has 0 aliphatic carbocycles. The second-order valence-corrected chi connectivity index (χ2v) is 3.88. The molecule has 1 unspecified atom stereocenters. The van der Waals surface area contributed by atoms with Crippen LogP contribution in [0.1, 0.15) is 32.8 Å². The Morgan fingerprint density at radius 1 is 1.39 bits per heavy atom. The number of ether oxygens (including phenoxy) is 1. The van der Waals surface area contributed by atoms with E-state index in [0.717, 1.165) is 6.42 Å². The van der Waals surface area contributed by atoms with Crippen LogP contribution in [0.2, 0.25) is 0 Å². The summed E-state index contributed by atoms with van der Waals surface area (Å²) in [5, 5.41) is 15.3. The summed E-state index contributed by atoms with van der Waals surface area (Å²) in [5.41, 5.74) is 0.328. The summed E-state index contributed by atoms with van der Waals surface area (Å²) in [5.74, 6) is 1.25. The van der Waals surface area contributed by atoms with E-state index in [1.807, 2.05) is 13.8 Å². The highest BCUT2D eigenvalue weighted by molar-refractivity contribution is 5.59. The van der Waals surface area contributed by atoms with Gasteiger partial charge in [0.1, 0.15) is 6.07 Å². The highest BCUT2D eigenvalue weighted by Crippen LogP contribution is 2.24. The lowest BCUT2D eigenvalue weighted by molar-refractivity contribution is 0.396. The molecular formula is C12H19N5O. The second kappa shape index (κ2) is 6.64. The SMILES string of the molecule is CCNc1nc(NC(C)CC)nc(OC)c1C#N. The Labute approximate surface area is 107 Å². The molecule has 0 radical (unpaired) electrons. The van der Waals surface area contributed by atoms with Crippen molar-refractivity contribution in [2.75, 3.05) is 24.3 Å². The number of methoxy groups -OCH3 is 1. The Morgan fingerprint density at radius 3 is 2.61 bits per heavy atom. The summed E-state index contributed by atoms with van der Waals surface area (Å²) >= 11 is 0. The molecule has 1 rings (SSSR count). The van der Waals surface area contributed by atoms with Crippen LogP contribution in [-0.4, -0.2) is 29.7 Å². The Morgan fingerprint density at radius 2 is 2.11 bits per heavy atom. The summed E-state index contributed by atoms with van der Waals surface area (Å²) in [7, 11) is 1.49. The van der Waals surface area contributed by atoms with Crippen LogP contribution in [0, 0.1) is 11.3 Å². The van der Waals surface area contributed by atoms with Crippen LogP contribution in [0.25, 0.3) is 0 Å². The number of hydrogen-bond donors (Lipinski definition) is 2. The third kappa shape index (κ3) is 3.23. The predicted molar refractivity (Wildman–Crippen MR) is 70.8 cm³/mol. The van der Waals surface area contributed by atoms with Crippen LogP contribution in [0.5, 0.6) is 5.88 Å². The van der Waals surface area contributed by atoms with E-state index in [4.69, 9.17) is 10.00 Å². The monoisotopic (exact) mass is 249 g/mol. The van der Waals surface area contributed by atoms with Crippen LogP contribution in [0.15, 0.2) is 0 Å². The van der Waals surface area contributed by atoms with Gasteiger partial charge in [0.05, 0.1) is 7.11 Å². The van der Waals surface area contributed by atoms with E-state index < -0.39 is 0 Å². The van der Waals surface area contributed by atoms with E-state index in [2.05, 4.69) is 33.6 Å². The molecule has 0 aliphatic heterocycles. The summed E-state index contributed by atoms with van der Waals surface area (Å²) in [6.07, 6.45) is 0.961. The molecule has 6 nitrogen and oxygen atoms in total. The molecule has 0 bridgehead atoms. The first-order valence-electron chi connectivity index (χ1n) is 6.02. The number of anilines is 2. The van der Waals surface area contributed by atoms with Crippen molar-refractivity contribution < 1.29 is 4.74 Å². The lowest BCUT2D eigenvalue weighted by Crippen LogP contribution is -2.17.